The molecule has 0 radical (unpaired) electrons. The van der Waals surface area contributed by atoms with Crippen molar-refractivity contribution in [3.8, 4) is 0 Å². The third-order valence-electron chi connectivity index (χ3n) is 5.41. The van der Waals surface area contributed by atoms with Crippen molar-refractivity contribution < 1.29 is 21.6 Å². The van der Waals surface area contributed by atoms with E-state index in [1.54, 1.807) is 18.2 Å². The van der Waals surface area contributed by atoms with Gasteiger partial charge in [0.15, 0.2) is 9.84 Å². The number of hydrogen-bond acceptors (Lipinski definition) is 5. The predicted molar refractivity (Wildman–Crippen MR) is 115 cm³/mol. The molecule has 172 valence electrons. The van der Waals surface area contributed by atoms with E-state index in [1.165, 1.54) is 12.7 Å². The SMILES string of the molecule is CCC.CS(=O)(=O)c1cccc(N2CCN(CC3CCC(C(F)(F)F)NC3)CC2)c1. The maximum atomic E-state index is 12.7. The Morgan fingerprint density at radius 3 is 2.23 bits per heavy atom. The van der Waals surface area contributed by atoms with Crippen molar-refractivity contribution in [2.24, 2.45) is 5.92 Å². The molecular weight excluding hydrogens is 415 g/mol. The van der Waals surface area contributed by atoms with E-state index in [-0.39, 0.29) is 12.3 Å². The molecule has 2 aliphatic rings. The molecule has 0 aliphatic carbocycles. The van der Waals surface area contributed by atoms with E-state index in [0.717, 1.165) is 38.4 Å². The molecule has 9 heteroatoms. The van der Waals surface area contributed by atoms with Crippen molar-refractivity contribution in [3.05, 3.63) is 24.3 Å². The van der Waals surface area contributed by atoms with E-state index in [1.807, 2.05) is 6.07 Å². The Kier molecular flexibility index (Phi) is 8.99. The Bertz CT molecular complexity index is 755. The number of hydrogen-bond donors (Lipinski definition) is 1. The Morgan fingerprint density at radius 2 is 1.73 bits per heavy atom. The summed E-state index contributed by atoms with van der Waals surface area (Å²) in [7, 11) is -3.23. The second-order valence-corrected chi connectivity index (χ2v) is 10.2. The van der Waals surface area contributed by atoms with Crippen LogP contribution in [0.2, 0.25) is 0 Å². The molecule has 0 amide bonds. The monoisotopic (exact) mass is 449 g/mol. The highest BCUT2D eigenvalue weighted by atomic mass is 32.2. The lowest BCUT2D eigenvalue weighted by Gasteiger charge is -2.39. The van der Waals surface area contributed by atoms with Crippen LogP contribution in [0.15, 0.2) is 29.2 Å². The molecule has 0 spiro atoms. The minimum absolute atomic E-state index is 0.145. The standard InChI is InChI=1S/C18H26F3N3O2S.C3H8/c1-27(25,26)16-4-2-3-15(11-16)24-9-7-23(8-10-24)13-14-5-6-17(22-12-14)18(19,20)21;1-3-2/h2-4,11,14,17,22H,5-10,12-13H2,1H3;3H2,1-2H3. The lowest BCUT2D eigenvalue weighted by molar-refractivity contribution is -0.162. The third-order valence-corrected chi connectivity index (χ3v) is 6.52. The molecule has 3 rings (SSSR count). The lowest BCUT2D eigenvalue weighted by Crippen LogP contribution is -2.52. The molecule has 5 nitrogen and oxygen atoms in total. The first-order valence-electron chi connectivity index (χ1n) is 10.6. The summed E-state index contributed by atoms with van der Waals surface area (Å²) in [6, 6.07) is 5.59. The third kappa shape index (κ3) is 7.42. The first kappa shape index (κ1) is 24.9. The molecule has 2 saturated heterocycles. The molecule has 0 bridgehead atoms. The van der Waals surface area contributed by atoms with Crippen molar-refractivity contribution in [1.29, 1.82) is 0 Å². The zero-order valence-corrected chi connectivity index (χ0v) is 18.9. The van der Waals surface area contributed by atoms with Gasteiger partial charge in [0, 0.05) is 44.7 Å². The summed E-state index contributed by atoms with van der Waals surface area (Å²) in [6.07, 6.45) is -0.969. The van der Waals surface area contributed by atoms with Gasteiger partial charge in [-0.15, -0.1) is 0 Å². The van der Waals surface area contributed by atoms with Crippen LogP contribution >= 0.6 is 0 Å². The van der Waals surface area contributed by atoms with Gasteiger partial charge < -0.3 is 10.2 Å². The maximum Gasteiger partial charge on any atom is 0.403 e. The van der Waals surface area contributed by atoms with Crippen molar-refractivity contribution in [3.63, 3.8) is 0 Å². The smallest absolute Gasteiger partial charge is 0.369 e. The van der Waals surface area contributed by atoms with Gasteiger partial charge in [-0.1, -0.05) is 26.3 Å². The average molecular weight is 450 g/mol. The Hall–Kier alpha value is -1.32. The Morgan fingerprint density at radius 1 is 1.10 bits per heavy atom. The van der Waals surface area contributed by atoms with E-state index >= 15 is 0 Å². The summed E-state index contributed by atoms with van der Waals surface area (Å²) in [4.78, 5) is 4.76. The fourth-order valence-electron chi connectivity index (χ4n) is 3.82. The molecule has 0 saturated carbocycles. The van der Waals surface area contributed by atoms with Gasteiger partial charge in [0.2, 0.25) is 0 Å². The number of alkyl halides is 3. The van der Waals surface area contributed by atoms with Crippen LogP contribution in [0.5, 0.6) is 0 Å². The van der Waals surface area contributed by atoms with Crippen molar-refractivity contribution in [2.45, 2.75) is 50.2 Å². The van der Waals surface area contributed by atoms with Crippen LogP contribution in [0.4, 0.5) is 18.9 Å². The molecule has 2 heterocycles. The normalized spacial score (nSPS) is 23.6. The van der Waals surface area contributed by atoms with Gasteiger partial charge in [-0.2, -0.15) is 13.2 Å². The summed E-state index contributed by atoms with van der Waals surface area (Å²) in [6.45, 7) is 8.65. The molecule has 2 aliphatic heterocycles. The number of piperidine rings is 1. The maximum absolute atomic E-state index is 12.7. The first-order valence-corrected chi connectivity index (χ1v) is 12.5. The minimum Gasteiger partial charge on any atom is -0.369 e. The molecule has 30 heavy (non-hydrogen) atoms. The van der Waals surface area contributed by atoms with Crippen molar-refractivity contribution >= 4 is 15.5 Å². The average Bonchev–Trinajstić information content (AvgIpc) is 2.68. The fraction of sp³-hybridized carbons (Fsp3) is 0.714. The minimum atomic E-state index is -4.16. The second kappa shape index (κ2) is 10.8. The number of piperazine rings is 1. The van der Waals surface area contributed by atoms with E-state index in [0.29, 0.717) is 17.9 Å². The zero-order chi connectivity index (χ0) is 22.4. The van der Waals surface area contributed by atoms with E-state index < -0.39 is 22.1 Å². The molecule has 2 atom stereocenters. The van der Waals surface area contributed by atoms with Gasteiger partial charge in [-0.3, -0.25) is 4.90 Å². The van der Waals surface area contributed by atoms with Gasteiger partial charge in [0.05, 0.1) is 4.90 Å². The van der Waals surface area contributed by atoms with Gasteiger partial charge in [-0.05, 0) is 43.5 Å². The van der Waals surface area contributed by atoms with Gasteiger partial charge >= 0.3 is 6.18 Å². The number of anilines is 1. The lowest BCUT2D eigenvalue weighted by atomic mass is 9.93. The summed E-state index contributed by atoms with van der Waals surface area (Å²) >= 11 is 0. The Balaban J connectivity index is 0.00000101. The molecular formula is C21H34F3N3O2S. The number of benzene rings is 1. The van der Waals surface area contributed by atoms with Gasteiger partial charge in [0.25, 0.3) is 0 Å². The topological polar surface area (TPSA) is 52.7 Å². The second-order valence-electron chi connectivity index (χ2n) is 8.21. The van der Waals surface area contributed by atoms with Gasteiger partial charge in [0.1, 0.15) is 6.04 Å². The molecule has 2 unspecified atom stereocenters. The van der Waals surface area contributed by atoms with Crippen LogP contribution in [0, 0.1) is 5.92 Å². The summed E-state index contributed by atoms with van der Waals surface area (Å²) in [5, 5.41) is 2.63. The van der Waals surface area contributed by atoms with Gasteiger partial charge in [-0.25, -0.2) is 8.42 Å². The highest BCUT2D eigenvalue weighted by Crippen LogP contribution is 2.28. The van der Waals surface area contributed by atoms with Crippen molar-refractivity contribution in [2.75, 3.05) is 50.4 Å². The van der Waals surface area contributed by atoms with Crippen LogP contribution in [0.25, 0.3) is 0 Å². The summed E-state index contributed by atoms with van der Waals surface area (Å²) in [5.74, 6) is 0.240. The van der Waals surface area contributed by atoms with Crippen LogP contribution in [0.3, 0.4) is 0 Å². The molecule has 1 N–H and O–H groups in total. The largest absolute Gasteiger partial charge is 0.403 e. The number of nitrogens with zero attached hydrogens (tertiary/aromatic N) is 2. The summed E-state index contributed by atoms with van der Waals surface area (Å²) in [5.41, 5.74) is 0.893. The van der Waals surface area contributed by atoms with E-state index in [9.17, 15) is 21.6 Å². The quantitative estimate of drug-likeness (QED) is 0.762. The van der Waals surface area contributed by atoms with Crippen LogP contribution in [-0.4, -0.2) is 71.1 Å². The predicted octanol–water partition coefficient (Wildman–Crippen LogP) is 3.56. The van der Waals surface area contributed by atoms with E-state index in [4.69, 9.17) is 0 Å². The molecule has 1 aromatic carbocycles. The van der Waals surface area contributed by atoms with E-state index in [2.05, 4.69) is 29.0 Å². The molecule has 2 fully saturated rings. The number of nitrogens with one attached hydrogen (secondary N) is 1. The van der Waals surface area contributed by atoms with Crippen molar-refractivity contribution in [1.82, 2.24) is 10.2 Å². The fourth-order valence-corrected chi connectivity index (χ4v) is 4.48. The summed E-state index contributed by atoms with van der Waals surface area (Å²) < 4.78 is 61.6. The highest BCUT2D eigenvalue weighted by Gasteiger charge is 2.41. The highest BCUT2D eigenvalue weighted by molar-refractivity contribution is 7.90. The first-order chi connectivity index (χ1) is 14.0. The van der Waals surface area contributed by atoms with Crippen LogP contribution in [0.1, 0.15) is 33.1 Å². The molecule has 1 aromatic rings. The number of rotatable bonds is 4. The van der Waals surface area contributed by atoms with Crippen LogP contribution < -0.4 is 10.2 Å². The zero-order valence-electron chi connectivity index (χ0n) is 18.1. The molecule has 0 aromatic heterocycles. The Labute approximate surface area is 178 Å². The van der Waals surface area contributed by atoms with Crippen LogP contribution in [-0.2, 0) is 9.84 Å². The number of sulfone groups is 1. The number of halogens is 3.